The quantitative estimate of drug-likeness (QED) is 0.720. The van der Waals surface area contributed by atoms with E-state index in [9.17, 15) is 4.79 Å². The van der Waals surface area contributed by atoms with Crippen LogP contribution in [0.4, 0.5) is 0 Å². The second kappa shape index (κ2) is 4.46. The molecule has 0 amide bonds. The lowest BCUT2D eigenvalue weighted by atomic mass is 9.89. The summed E-state index contributed by atoms with van der Waals surface area (Å²) < 4.78 is 0. The van der Waals surface area contributed by atoms with Crippen molar-refractivity contribution >= 4 is 17.5 Å². The lowest BCUT2D eigenvalue weighted by Crippen LogP contribution is -2.38. The van der Waals surface area contributed by atoms with Gasteiger partial charge in [-0.3, -0.25) is 4.79 Å². The Morgan fingerprint density at radius 2 is 2.07 bits per heavy atom. The van der Waals surface area contributed by atoms with E-state index >= 15 is 0 Å². The molecule has 1 aliphatic carbocycles. The maximum Gasteiger partial charge on any atom is 0.142 e. The van der Waals surface area contributed by atoms with Gasteiger partial charge in [0.2, 0.25) is 0 Å². The molecule has 2 rings (SSSR count). The summed E-state index contributed by atoms with van der Waals surface area (Å²) in [5.74, 6) is 3.30. The molecule has 2 aliphatic rings. The zero-order chi connectivity index (χ0) is 10.9. The van der Waals surface area contributed by atoms with Gasteiger partial charge in [-0.1, -0.05) is 13.8 Å². The topological polar surface area (TPSA) is 20.3 Å². The molecule has 2 nitrogen and oxygen atoms in total. The fourth-order valence-electron chi connectivity index (χ4n) is 2.61. The first-order valence-corrected chi connectivity index (χ1v) is 7.09. The van der Waals surface area contributed by atoms with Gasteiger partial charge in [-0.05, 0) is 12.8 Å². The van der Waals surface area contributed by atoms with Crippen LogP contribution in [0.5, 0.6) is 0 Å². The zero-order valence-electron chi connectivity index (χ0n) is 9.79. The number of thioether (sulfide) groups is 1. The van der Waals surface area contributed by atoms with E-state index < -0.39 is 0 Å². The average molecular weight is 227 g/mol. The van der Waals surface area contributed by atoms with Crippen molar-refractivity contribution in [3.8, 4) is 0 Å². The normalized spacial score (nSPS) is 32.1. The van der Waals surface area contributed by atoms with Crippen molar-refractivity contribution in [3.63, 3.8) is 0 Å². The molecule has 0 aromatic rings. The zero-order valence-corrected chi connectivity index (χ0v) is 10.6. The van der Waals surface area contributed by atoms with Crippen LogP contribution in [0.15, 0.2) is 0 Å². The monoisotopic (exact) mass is 227 g/mol. The van der Waals surface area contributed by atoms with Crippen LogP contribution in [-0.4, -0.2) is 41.8 Å². The first-order chi connectivity index (χ1) is 7.09. The van der Waals surface area contributed by atoms with Crippen molar-refractivity contribution in [2.24, 2.45) is 11.3 Å². The molecule has 1 unspecified atom stereocenters. The van der Waals surface area contributed by atoms with Crippen LogP contribution < -0.4 is 0 Å². The molecule has 0 radical (unpaired) electrons. The minimum Gasteiger partial charge on any atom is -0.301 e. The van der Waals surface area contributed by atoms with Crippen molar-refractivity contribution in [2.45, 2.75) is 26.7 Å². The van der Waals surface area contributed by atoms with E-state index in [4.69, 9.17) is 0 Å². The molecular weight excluding hydrogens is 206 g/mol. The van der Waals surface area contributed by atoms with Crippen LogP contribution in [0, 0.1) is 11.3 Å². The van der Waals surface area contributed by atoms with Crippen LogP contribution in [0.1, 0.15) is 26.7 Å². The molecule has 1 aliphatic heterocycles. The fourth-order valence-corrected chi connectivity index (χ4v) is 3.59. The molecule has 0 spiro atoms. The molecule has 2 fully saturated rings. The second-order valence-electron chi connectivity index (χ2n) is 5.40. The Bertz CT molecular complexity index is 246. The Morgan fingerprint density at radius 1 is 1.40 bits per heavy atom. The number of hydrogen-bond donors (Lipinski definition) is 0. The lowest BCUT2D eigenvalue weighted by molar-refractivity contribution is -0.127. The molecule has 0 aromatic heterocycles. The van der Waals surface area contributed by atoms with Gasteiger partial charge in [-0.15, -0.1) is 0 Å². The van der Waals surface area contributed by atoms with Crippen LogP contribution >= 0.6 is 11.8 Å². The minimum absolute atomic E-state index is 0.0464. The number of ketones is 1. The highest BCUT2D eigenvalue weighted by Gasteiger charge is 2.40. The summed E-state index contributed by atoms with van der Waals surface area (Å²) >= 11 is 2.03. The van der Waals surface area contributed by atoms with Gasteiger partial charge in [-0.25, -0.2) is 0 Å². The minimum atomic E-state index is -0.0464. The van der Waals surface area contributed by atoms with Gasteiger partial charge in [0.15, 0.2) is 0 Å². The average Bonchev–Trinajstić information content (AvgIpc) is 2.47. The van der Waals surface area contributed by atoms with Crippen LogP contribution in [0.2, 0.25) is 0 Å². The number of hydrogen-bond acceptors (Lipinski definition) is 3. The number of carbonyl (C=O) groups is 1. The van der Waals surface area contributed by atoms with E-state index in [2.05, 4.69) is 18.7 Å². The molecule has 15 heavy (non-hydrogen) atoms. The first-order valence-electron chi connectivity index (χ1n) is 5.94. The fraction of sp³-hybridized carbons (Fsp3) is 0.917. The summed E-state index contributed by atoms with van der Waals surface area (Å²) in [5.41, 5.74) is -0.0464. The Labute approximate surface area is 96.8 Å². The summed E-state index contributed by atoms with van der Waals surface area (Å²) in [4.78, 5) is 14.5. The molecule has 86 valence electrons. The Hall–Kier alpha value is -0.0200. The van der Waals surface area contributed by atoms with E-state index in [-0.39, 0.29) is 5.41 Å². The molecule has 1 saturated heterocycles. The van der Waals surface area contributed by atoms with Crippen LogP contribution in [0.3, 0.4) is 0 Å². The Balaban J connectivity index is 1.87. The number of nitrogens with zero attached hydrogens (tertiary/aromatic N) is 1. The van der Waals surface area contributed by atoms with Crippen molar-refractivity contribution in [1.82, 2.24) is 4.90 Å². The number of carbonyl (C=O) groups excluding carboxylic acids is 1. The maximum atomic E-state index is 12.1. The summed E-state index contributed by atoms with van der Waals surface area (Å²) in [5, 5.41) is 0. The molecule has 1 heterocycles. The summed E-state index contributed by atoms with van der Waals surface area (Å²) in [6.07, 6.45) is 2.19. The summed E-state index contributed by atoms with van der Waals surface area (Å²) in [6.45, 7) is 7.56. The van der Waals surface area contributed by atoms with E-state index in [1.165, 1.54) is 24.6 Å². The summed E-state index contributed by atoms with van der Waals surface area (Å²) in [6, 6.07) is 0. The third-order valence-electron chi connectivity index (χ3n) is 3.74. The highest BCUT2D eigenvalue weighted by molar-refractivity contribution is 7.99. The van der Waals surface area contributed by atoms with Gasteiger partial charge in [0.1, 0.15) is 5.78 Å². The molecule has 0 aromatic carbocycles. The third kappa shape index (κ3) is 2.56. The smallest absolute Gasteiger partial charge is 0.142 e. The number of Topliss-reactive ketones (excluding diaryl/α,β-unsaturated/α-hetero) is 1. The first kappa shape index (κ1) is 11.5. The molecule has 1 saturated carbocycles. The van der Waals surface area contributed by atoms with Gasteiger partial charge < -0.3 is 4.90 Å². The SMILES string of the molecule is CC1(C)CCC(CN2CCSCC2)C1=O. The molecule has 0 N–H and O–H groups in total. The van der Waals surface area contributed by atoms with Crippen molar-refractivity contribution < 1.29 is 4.79 Å². The van der Waals surface area contributed by atoms with E-state index in [0.29, 0.717) is 11.7 Å². The summed E-state index contributed by atoms with van der Waals surface area (Å²) in [7, 11) is 0. The highest BCUT2D eigenvalue weighted by atomic mass is 32.2. The standard InChI is InChI=1S/C12H21NOS/c1-12(2)4-3-10(11(12)14)9-13-5-7-15-8-6-13/h10H,3-9H2,1-2H3. The van der Waals surface area contributed by atoms with Crippen molar-refractivity contribution in [2.75, 3.05) is 31.1 Å². The van der Waals surface area contributed by atoms with Gasteiger partial charge in [0.05, 0.1) is 0 Å². The second-order valence-corrected chi connectivity index (χ2v) is 6.62. The highest BCUT2D eigenvalue weighted by Crippen LogP contribution is 2.37. The van der Waals surface area contributed by atoms with Crippen molar-refractivity contribution in [1.29, 1.82) is 0 Å². The Morgan fingerprint density at radius 3 is 2.60 bits per heavy atom. The molecule has 3 heteroatoms. The predicted molar refractivity (Wildman–Crippen MR) is 65.3 cm³/mol. The lowest BCUT2D eigenvalue weighted by Gasteiger charge is -2.28. The number of rotatable bonds is 2. The van der Waals surface area contributed by atoms with Gasteiger partial charge in [-0.2, -0.15) is 11.8 Å². The Kier molecular flexibility index (Phi) is 3.41. The predicted octanol–water partition coefficient (Wildman–Crippen LogP) is 2.04. The van der Waals surface area contributed by atoms with Gasteiger partial charge in [0, 0.05) is 42.5 Å². The third-order valence-corrected chi connectivity index (χ3v) is 4.68. The molecular formula is C12H21NOS. The maximum absolute atomic E-state index is 12.1. The van der Waals surface area contributed by atoms with Crippen LogP contribution in [0.25, 0.3) is 0 Å². The van der Waals surface area contributed by atoms with Crippen molar-refractivity contribution in [3.05, 3.63) is 0 Å². The van der Waals surface area contributed by atoms with E-state index in [0.717, 1.165) is 19.4 Å². The largest absolute Gasteiger partial charge is 0.301 e. The van der Waals surface area contributed by atoms with Gasteiger partial charge >= 0.3 is 0 Å². The van der Waals surface area contributed by atoms with Crippen LogP contribution in [-0.2, 0) is 4.79 Å². The molecule has 0 bridgehead atoms. The van der Waals surface area contributed by atoms with E-state index in [1.807, 2.05) is 11.8 Å². The van der Waals surface area contributed by atoms with E-state index in [1.54, 1.807) is 0 Å². The molecule has 1 atom stereocenters. The van der Waals surface area contributed by atoms with Gasteiger partial charge in [0.25, 0.3) is 0 Å².